The quantitative estimate of drug-likeness (QED) is 0.554. The number of nitrogens with one attached hydrogen (secondary N) is 1. The molecule has 0 atom stereocenters. The lowest BCUT2D eigenvalue weighted by Gasteiger charge is -1.96. The van der Waals surface area contributed by atoms with E-state index in [1.54, 1.807) is 6.20 Å². The molecule has 0 fully saturated rings. The first-order chi connectivity index (χ1) is 5.27. The number of aromatic nitrogens is 2. The Bertz CT molecular complexity index is 389. The van der Waals surface area contributed by atoms with Gasteiger partial charge in [-0.05, 0) is 24.6 Å². The lowest BCUT2D eigenvalue weighted by molar-refractivity contribution is 1.12. The maximum absolute atomic E-state index is 5.73. The van der Waals surface area contributed by atoms with Gasteiger partial charge in [0.2, 0.25) is 0 Å². The molecule has 0 aliphatic heterocycles. The number of aromatic amines is 1. The lowest BCUT2D eigenvalue weighted by atomic mass is 10.1. The molecule has 0 saturated heterocycles. The maximum atomic E-state index is 5.73. The van der Waals surface area contributed by atoms with Crippen LogP contribution in [0.4, 0.5) is 5.69 Å². The third-order valence-corrected chi connectivity index (χ3v) is 1.72. The number of nitrogens with zero attached hydrogens (tertiary/aromatic N) is 1. The van der Waals surface area contributed by atoms with Gasteiger partial charge in [0.25, 0.3) is 0 Å². The first kappa shape index (κ1) is 6.22. The van der Waals surface area contributed by atoms with Crippen molar-refractivity contribution < 1.29 is 0 Å². The second-order valence-corrected chi connectivity index (χ2v) is 2.69. The molecule has 3 N–H and O–H groups in total. The largest absolute Gasteiger partial charge is 0.397 e. The van der Waals surface area contributed by atoms with Gasteiger partial charge in [-0.25, -0.2) is 0 Å². The molecule has 2 aromatic rings. The van der Waals surface area contributed by atoms with Crippen LogP contribution >= 0.6 is 0 Å². The predicted octanol–water partition coefficient (Wildman–Crippen LogP) is 1.45. The molecular formula is C8H9N3. The van der Waals surface area contributed by atoms with Crippen molar-refractivity contribution in [1.29, 1.82) is 0 Å². The number of hydrogen-bond donors (Lipinski definition) is 2. The van der Waals surface area contributed by atoms with E-state index >= 15 is 0 Å². The minimum atomic E-state index is 0.762. The van der Waals surface area contributed by atoms with Crippen molar-refractivity contribution in [2.45, 2.75) is 6.92 Å². The summed E-state index contributed by atoms with van der Waals surface area (Å²) < 4.78 is 0. The van der Waals surface area contributed by atoms with Gasteiger partial charge in [-0.15, -0.1) is 0 Å². The smallest absolute Gasteiger partial charge is 0.0879 e. The molecule has 1 aromatic heterocycles. The number of anilines is 1. The zero-order valence-corrected chi connectivity index (χ0v) is 6.26. The first-order valence-corrected chi connectivity index (χ1v) is 3.46. The number of benzene rings is 1. The SMILES string of the molecule is Cc1cc(N)c2[nH]ncc2c1. The maximum Gasteiger partial charge on any atom is 0.0879 e. The fourth-order valence-electron chi connectivity index (χ4n) is 1.24. The molecule has 1 heterocycles. The average molecular weight is 147 g/mol. The van der Waals surface area contributed by atoms with E-state index in [-0.39, 0.29) is 0 Å². The van der Waals surface area contributed by atoms with Gasteiger partial charge in [-0.1, -0.05) is 0 Å². The molecule has 0 saturated carbocycles. The van der Waals surface area contributed by atoms with E-state index < -0.39 is 0 Å². The third-order valence-electron chi connectivity index (χ3n) is 1.72. The van der Waals surface area contributed by atoms with Crippen LogP contribution in [0.5, 0.6) is 0 Å². The molecule has 1 aromatic carbocycles. The van der Waals surface area contributed by atoms with E-state index in [4.69, 9.17) is 5.73 Å². The van der Waals surface area contributed by atoms with Crippen molar-refractivity contribution in [2.24, 2.45) is 0 Å². The fourth-order valence-corrected chi connectivity index (χ4v) is 1.24. The molecule has 3 nitrogen and oxygen atoms in total. The molecule has 0 spiro atoms. The summed E-state index contributed by atoms with van der Waals surface area (Å²) in [6.45, 7) is 2.02. The number of nitrogen functional groups attached to an aromatic ring is 1. The van der Waals surface area contributed by atoms with Crippen LogP contribution in [0.25, 0.3) is 10.9 Å². The normalized spacial score (nSPS) is 10.6. The van der Waals surface area contributed by atoms with Gasteiger partial charge < -0.3 is 5.73 Å². The highest BCUT2D eigenvalue weighted by Crippen LogP contribution is 2.19. The van der Waals surface area contributed by atoms with Crippen LogP contribution in [0.1, 0.15) is 5.56 Å². The minimum Gasteiger partial charge on any atom is -0.397 e. The Balaban J connectivity index is 2.91. The van der Waals surface area contributed by atoms with Crippen LogP contribution in [0, 0.1) is 6.92 Å². The van der Waals surface area contributed by atoms with Crippen molar-refractivity contribution in [3.63, 3.8) is 0 Å². The molecule has 0 bridgehead atoms. The molecule has 0 aliphatic carbocycles. The van der Waals surface area contributed by atoms with Crippen LogP contribution in [-0.2, 0) is 0 Å². The lowest BCUT2D eigenvalue weighted by Crippen LogP contribution is -1.87. The van der Waals surface area contributed by atoms with Crippen LogP contribution in [0.15, 0.2) is 18.3 Å². The van der Waals surface area contributed by atoms with Crippen molar-refractivity contribution in [1.82, 2.24) is 10.2 Å². The van der Waals surface area contributed by atoms with Gasteiger partial charge in [0.1, 0.15) is 0 Å². The molecule has 0 unspecified atom stereocenters. The molecule has 3 heteroatoms. The van der Waals surface area contributed by atoms with Gasteiger partial charge in [-0.2, -0.15) is 5.10 Å². The van der Waals surface area contributed by atoms with Gasteiger partial charge in [-0.3, -0.25) is 5.10 Å². The van der Waals surface area contributed by atoms with E-state index in [9.17, 15) is 0 Å². The Kier molecular flexibility index (Phi) is 1.12. The zero-order valence-electron chi connectivity index (χ0n) is 6.26. The van der Waals surface area contributed by atoms with E-state index in [0.717, 1.165) is 22.2 Å². The Morgan fingerprint density at radius 1 is 1.45 bits per heavy atom. The van der Waals surface area contributed by atoms with Crippen molar-refractivity contribution in [3.05, 3.63) is 23.9 Å². The highest BCUT2D eigenvalue weighted by molar-refractivity contribution is 5.89. The Hall–Kier alpha value is -1.51. The number of nitrogens with two attached hydrogens (primary N) is 1. The van der Waals surface area contributed by atoms with Gasteiger partial charge in [0.05, 0.1) is 17.4 Å². The minimum absolute atomic E-state index is 0.762. The van der Waals surface area contributed by atoms with E-state index in [0.29, 0.717) is 0 Å². The molecule has 0 aliphatic rings. The fraction of sp³-hybridized carbons (Fsp3) is 0.125. The van der Waals surface area contributed by atoms with Gasteiger partial charge in [0, 0.05) is 5.39 Å². The number of fused-ring (bicyclic) bond motifs is 1. The summed E-state index contributed by atoms with van der Waals surface area (Å²) in [4.78, 5) is 0. The summed E-state index contributed by atoms with van der Waals surface area (Å²) in [6, 6.07) is 3.98. The number of rotatable bonds is 0. The van der Waals surface area contributed by atoms with E-state index in [2.05, 4.69) is 16.3 Å². The summed E-state index contributed by atoms with van der Waals surface area (Å²) in [7, 11) is 0. The first-order valence-electron chi connectivity index (χ1n) is 3.46. The summed E-state index contributed by atoms with van der Waals surface area (Å²) in [5.41, 5.74) is 8.58. The second kappa shape index (κ2) is 1.99. The van der Waals surface area contributed by atoms with Crippen molar-refractivity contribution in [2.75, 3.05) is 5.73 Å². The average Bonchev–Trinajstić information content (AvgIpc) is 2.34. The Morgan fingerprint density at radius 2 is 2.27 bits per heavy atom. The monoisotopic (exact) mass is 147 g/mol. The molecule has 11 heavy (non-hydrogen) atoms. The van der Waals surface area contributed by atoms with Crippen LogP contribution < -0.4 is 5.73 Å². The summed E-state index contributed by atoms with van der Waals surface area (Å²) in [5.74, 6) is 0. The molecule has 2 rings (SSSR count). The van der Waals surface area contributed by atoms with Crippen molar-refractivity contribution in [3.8, 4) is 0 Å². The molecular weight excluding hydrogens is 138 g/mol. The van der Waals surface area contributed by atoms with Gasteiger partial charge in [0.15, 0.2) is 0 Å². The number of H-pyrrole nitrogens is 1. The summed E-state index contributed by atoms with van der Waals surface area (Å²) >= 11 is 0. The Morgan fingerprint density at radius 3 is 3.09 bits per heavy atom. The predicted molar refractivity (Wildman–Crippen MR) is 45.2 cm³/mol. The van der Waals surface area contributed by atoms with E-state index in [1.807, 2.05) is 13.0 Å². The molecule has 0 radical (unpaired) electrons. The number of aryl methyl sites for hydroxylation is 1. The Labute approximate surface area is 64.2 Å². The summed E-state index contributed by atoms with van der Waals surface area (Å²) in [5, 5.41) is 7.81. The molecule has 0 amide bonds. The van der Waals surface area contributed by atoms with Gasteiger partial charge >= 0.3 is 0 Å². The third kappa shape index (κ3) is 0.852. The summed E-state index contributed by atoms with van der Waals surface area (Å²) in [6.07, 6.45) is 1.78. The van der Waals surface area contributed by atoms with Crippen LogP contribution in [0.3, 0.4) is 0 Å². The standard InChI is InChI=1S/C8H9N3/c1-5-2-6-4-10-11-8(6)7(9)3-5/h2-4H,9H2,1H3,(H,10,11). The van der Waals surface area contributed by atoms with Crippen molar-refractivity contribution >= 4 is 16.6 Å². The van der Waals surface area contributed by atoms with Crippen LogP contribution in [0.2, 0.25) is 0 Å². The second-order valence-electron chi connectivity index (χ2n) is 2.69. The highest BCUT2D eigenvalue weighted by atomic mass is 15.1. The van der Waals surface area contributed by atoms with E-state index in [1.165, 1.54) is 0 Å². The topological polar surface area (TPSA) is 54.7 Å². The van der Waals surface area contributed by atoms with Crippen LogP contribution in [-0.4, -0.2) is 10.2 Å². The zero-order chi connectivity index (χ0) is 7.84. The molecule has 56 valence electrons. The highest BCUT2D eigenvalue weighted by Gasteiger charge is 1.99. The number of hydrogen-bond acceptors (Lipinski definition) is 2.